The lowest BCUT2D eigenvalue weighted by Gasteiger charge is -2.39. The molecule has 0 amide bonds. The SMILES string of the molecule is CC(O[C@H]1OCC[C@H](COS(C)(=O)=O)[C@H]1c1ccccc1)c1cc(C(F)(F)F)cc(C(F)(F)F)c1. The minimum absolute atomic E-state index is 0.0542. The molecule has 0 aromatic heterocycles. The van der Waals surface area contributed by atoms with E-state index in [9.17, 15) is 34.8 Å². The average molecular weight is 526 g/mol. The van der Waals surface area contributed by atoms with Crippen molar-refractivity contribution in [1.82, 2.24) is 0 Å². The number of halogens is 6. The molecule has 1 heterocycles. The van der Waals surface area contributed by atoms with Gasteiger partial charge in [-0.25, -0.2) is 0 Å². The summed E-state index contributed by atoms with van der Waals surface area (Å²) >= 11 is 0. The topological polar surface area (TPSA) is 61.8 Å². The summed E-state index contributed by atoms with van der Waals surface area (Å²) in [4.78, 5) is 0. The first-order chi connectivity index (χ1) is 16.1. The Bertz CT molecular complexity index is 1070. The smallest absolute Gasteiger partial charge is 0.352 e. The van der Waals surface area contributed by atoms with Crippen molar-refractivity contribution in [3.8, 4) is 0 Å². The summed E-state index contributed by atoms with van der Waals surface area (Å²) in [6, 6.07) is 10.0. The quantitative estimate of drug-likeness (QED) is 0.331. The van der Waals surface area contributed by atoms with Gasteiger partial charge in [0.15, 0.2) is 6.29 Å². The maximum absolute atomic E-state index is 13.3. The van der Waals surface area contributed by atoms with Crippen LogP contribution in [0.4, 0.5) is 26.3 Å². The van der Waals surface area contributed by atoms with Crippen LogP contribution in [0.2, 0.25) is 0 Å². The molecule has 0 spiro atoms. The van der Waals surface area contributed by atoms with Crippen molar-refractivity contribution in [2.45, 2.75) is 44.0 Å². The van der Waals surface area contributed by atoms with Crippen LogP contribution >= 0.6 is 0 Å². The first kappa shape index (κ1) is 27.4. The van der Waals surface area contributed by atoms with Crippen LogP contribution in [-0.4, -0.2) is 34.2 Å². The van der Waals surface area contributed by atoms with Gasteiger partial charge in [0.25, 0.3) is 10.1 Å². The number of ether oxygens (including phenoxy) is 2. The molecule has 1 aliphatic heterocycles. The molecular weight excluding hydrogens is 502 g/mol. The van der Waals surface area contributed by atoms with E-state index in [0.29, 0.717) is 24.1 Å². The van der Waals surface area contributed by atoms with E-state index in [4.69, 9.17) is 13.7 Å². The Labute approximate surface area is 199 Å². The maximum atomic E-state index is 13.3. The molecule has 194 valence electrons. The van der Waals surface area contributed by atoms with E-state index in [1.54, 1.807) is 30.3 Å². The normalized spacial score (nSPS) is 22.7. The molecule has 35 heavy (non-hydrogen) atoms. The van der Waals surface area contributed by atoms with E-state index >= 15 is 0 Å². The Morgan fingerprint density at radius 3 is 2.09 bits per heavy atom. The lowest BCUT2D eigenvalue weighted by atomic mass is 9.82. The van der Waals surface area contributed by atoms with Crippen molar-refractivity contribution in [2.24, 2.45) is 5.92 Å². The van der Waals surface area contributed by atoms with Crippen molar-refractivity contribution in [3.05, 3.63) is 70.8 Å². The van der Waals surface area contributed by atoms with Gasteiger partial charge in [0, 0.05) is 5.92 Å². The molecule has 1 aliphatic rings. The molecule has 0 saturated carbocycles. The lowest BCUT2D eigenvalue weighted by molar-refractivity contribution is -0.211. The van der Waals surface area contributed by atoms with Crippen molar-refractivity contribution in [1.29, 1.82) is 0 Å². The highest BCUT2D eigenvalue weighted by molar-refractivity contribution is 7.85. The molecule has 1 fully saturated rings. The molecule has 2 aromatic rings. The van der Waals surface area contributed by atoms with E-state index in [2.05, 4.69) is 0 Å². The fourth-order valence-electron chi connectivity index (χ4n) is 3.96. The highest BCUT2D eigenvalue weighted by atomic mass is 32.2. The summed E-state index contributed by atoms with van der Waals surface area (Å²) in [5, 5.41) is 0. The minimum Gasteiger partial charge on any atom is -0.352 e. The summed E-state index contributed by atoms with van der Waals surface area (Å²) in [6.45, 7) is 1.28. The third kappa shape index (κ3) is 7.42. The molecule has 1 saturated heterocycles. The van der Waals surface area contributed by atoms with Crippen LogP contribution in [0.25, 0.3) is 0 Å². The Balaban J connectivity index is 1.93. The van der Waals surface area contributed by atoms with Crippen LogP contribution < -0.4 is 0 Å². The van der Waals surface area contributed by atoms with Crippen LogP contribution in [0.15, 0.2) is 48.5 Å². The zero-order valence-electron chi connectivity index (χ0n) is 18.8. The lowest BCUT2D eigenvalue weighted by Crippen LogP contribution is -2.39. The fraction of sp³-hybridized carbons (Fsp3) is 0.478. The van der Waals surface area contributed by atoms with Gasteiger partial charge in [-0.15, -0.1) is 0 Å². The summed E-state index contributed by atoms with van der Waals surface area (Å²) in [7, 11) is -3.74. The first-order valence-electron chi connectivity index (χ1n) is 10.6. The van der Waals surface area contributed by atoms with Crippen molar-refractivity contribution < 1.29 is 48.4 Å². The van der Waals surface area contributed by atoms with E-state index < -0.39 is 57.8 Å². The molecule has 3 rings (SSSR count). The second-order valence-corrected chi connectivity index (χ2v) is 9.97. The van der Waals surface area contributed by atoms with E-state index in [-0.39, 0.29) is 24.8 Å². The van der Waals surface area contributed by atoms with Gasteiger partial charge in [0.2, 0.25) is 0 Å². The molecule has 5 nitrogen and oxygen atoms in total. The van der Waals surface area contributed by atoms with Crippen molar-refractivity contribution >= 4 is 10.1 Å². The summed E-state index contributed by atoms with van der Waals surface area (Å²) in [5.41, 5.74) is -2.51. The van der Waals surface area contributed by atoms with Gasteiger partial charge in [0.05, 0.1) is 36.7 Å². The first-order valence-corrected chi connectivity index (χ1v) is 12.4. The Hall–Kier alpha value is -2.15. The standard InChI is InChI=1S/C23H24F6O5S/c1-14(17-10-18(22(24,25)26)12-19(11-17)23(27,28)29)34-21-20(15-6-4-3-5-7-15)16(8-9-32-21)13-33-35(2,30)31/h3-7,10-12,14,16,20-21H,8-9,13H2,1-2H3/t14?,16-,20-,21-/m1/s1. The molecule has 2 aromatic carbocycles. The second-order valence-electron chi connectivity index (χ2n) is 8.33. The third-order valence-electron chi connectivity index (χ3n) is 5.67. The summed E-state index contributed by atoms with van der Waals surface area (Å²) < 4.78 is 119. The zero-order valence-corrected chi connectivity index (χ0v) is 19.6. The molecule has 0 bridgehead atoms. The fourth-order valence-corrected chi connectivity index (χ4v) is 4.38. The largest absolute Gasteiger partial charge is 0.416 e. The predicted octanol–water partition coefficient (Wildman–Crippen LogP) is 5.92. The van der Waals surface area contributed by atoms with Crippen LogP contribution in [0, 0.1) is 5.92 Å². The van der Waals surface area contributed by atoms with Gasteiger partial charge in [-0.2, -0.15) is 34.8 Å². The van der Waals surface area contributed by atoms with Gasteiger partial charge in [-0.3, -0.25) is 4.18 Å². The molecule has 1 unspecified atom stereocenters. The minimum atomic E-state index is -4.99. The van der Waals surface area contributed by atoms with Gasteiger partial charge in [-0.1, -0.05) is 30.3 Å². The number of hydrogen-bond donors (Lipinski definition) is 0. The molecule has 0 aliphatic carbocycles. The Morgan fingerprint density at radius 1 is 1.00 bits per heavy atom. The second kappa shape index (κ2) is 10.5. The molecule has 0 radical (unpaired) electrons. The Kier molecular flexibility index (Phi) is 8.19. The summed E-state index contributed by atoms with van der Waals surface area (Å²) in [5.74, 6) is -0.979. The number of hydrogen-bond acceptors (Lipinski definition) is 5. The zero-order chi connectivity index (χ0) is 26.0. The van der Waals surface area contributed by atoms with E-state index in [1.165, 1.54) is 6.92 Å². The van der Waals surface area contributed by atoms with Crippen molar-refractivity contribution in [3.63, 3.8) is 0 Å². The summed E-state index contributed by atoms with van der Waals surface area (Å²) in [6.07, 6.45) is -10.9. The average Bonchev–Trinajstić information content (AvgIpc) is 2.76. The predicted molar refractivity (Wildman–Crippen MR) is 114 cm³/mol. The Morgan fingerprint density at radius 2 is 1.57 bits per heavy atom. The van der Waals surface area contributed by atoms with Gasteiger partial charge in [-0.05, 0) is 48.6 Å². The number of benzene rings is 2. The highest BCUT2D eigenvalue weighted by Crippen LogP contribution is 2.41. The molecule has 12 heteroatoms. The monoisotopic (exact) mass is 526 g/mol. The van der Waals surface area contributed by atoms with Gasteiger partial charge < -0.3 is 9.47 Å². The van der Waals surface area contributed by atoms with Crippen molar-refractivity contribution in [2.75, 3.05) is 19.5 Å². The highest BCUT2D eigenvalue weighted by Gasteiger charge is 2.40. The van der Waals surface area contributed by atoms with Crippen LogP contribution in [0.1, 0.15) is 47.6 Å². The van der Waals surface area contributed by atoms with Crippen LogP contribution in [-0.2, 0) is 36.1 Å². The number of rotatable bonds is 7. The van der Waals surface area contributed by atoms with E-state index in [1.807, 2.05) is 0 Å². The third-order valence-corrected chi connectivity index (χ3v) is 6.23. The maximum Gasteiger partial charge on any atom is 0.416 e. The van der Waals surface area contributed by atoms with E-state index in [0.717, 1.165) is 6.26 Å². The molecular formula is C23H24F6O5S. The van der Waals surface area contributed by atoms with Crippen LogP contribution in [0.5, 0.6) is 0 Å². The van der Waals surface area contributed by atoms with Crippen LogP contribution in [0.3, 0.4) is 0 Å². The molecule has 4 atom stereocenters. The van der Waals surface area contributed by atoms with Gasteiger partial charge in [0.1, 0.15) is 0 Å². The number of alkyl halides is 6. The molecule has 0 N–H and O–H groups in total. The van der Waals surface area contributed by atoms with Gasteiger partial charge >= 0.3 is 12.4 Å².